The number of rotatable bonds is 8. The minimum absolute atomic E-state index is 0.0974. The lowest BCUT2D eigenvalue weighted by Crippen LogP contribution is -2.27. The molecule has 0 fully saturated rings. The third-order valence-corrected chi connectivity index (χ3v) is 3.22. The van der Waals surface area contributed by atoms with Gasteiger partial charge in [0.15, 0.2) is 0 Å². The summed E-state index contributed by atoms with van der Waals surface area (Å²) in [5.74, 6) is 0. The largest absolute Gasteiger partial charge is 0.298 e. The summed E-state index contributed by atoms with van der Waals surface area (Å²) in [6.07, 6.45) is 1.61. The maximum Gasteiger partial charge on any atom is 0.0952 e. The molecule has 2 N–H and O–H groups in total. The molecule has 0 spiro atoms. The van der Waals surface area contributed by atoms with Crippen molar-refractivity contribution >= 4 is 0 Å². The van der Waals surface area contributed by atoms with E-state index < -0.39 is 0 Å². The first-order chi connectivity index (χ1) is 9.73. The van der Waals surface area contributed by atoms with Gasteiger partial charge in [0, 0.05) is 13.1 Å². The van der Waals surface area contributed by atoms with Gasteiger partial charge in [0.1, 0.15) is 0 Å². The highest BCUT2D eigenvalue weighted by Crippen LogP contribution is 2.06. The Kier molecular flexibility index (Phi) is 7.35. The van der Waals surface area contributed by atoms with Crippen LogP contribution in [0.3, 0.4) is 0 Å². The highest BCUT2D eigenvalue weighted by atomic mass is 14.9. The van der Waals surface area contributed by atoms with Gasteiger partial charge in [-0.1, -0.05) is 38.1 Å². The van der Waals surface area contributed by atoms with Crippen molar-refractivity contribution < 1.29 is 0 Å². The maximum absolute atomic E-state index is 8.91. The normalized spacial score (nSPS) is 13.2. The van der Waals surface area contributed by atoms with Crippen molar-refractivity contribution in [1.82, 2.24) is 10.6 Å². The average Bonchev–Trinajstić information content (AvgIpc) is 2.50. The summed E-state index contributed by atoms with van der Waals surface area (Å²) >= 11 is 0. The molecule has 0 amide bonds. The number of nitrogens with zero attached hydrogens (tertiary/aromatic N) is 2. The first-order valence-corrected chi connectivity index (χ1v) is 7.07. The third kappa shape index (κ3) is 5.40. The fourth-order valence-electron chi connectivity index (χ4n) is 1.89. The van der Waals surface area contributed by atoms with E-state index in [2.05, 4.69) is 28.8 Å². The molecular weight excluding hydrogens is 248 g/mol. The lowest BCUT2D eigenvalue weighted by molar-refractivity contribution is 0.580. The Balaban J connectivity index is 2.54. The second-order valence-electron chi connectivity index (χ2n) is 4.76. The molecule has 2 atom stereocenters. The predicted octanol–water partition coefficient (Wildman–Crippen LogP) is 2.47. The van der Waals surface area contributed by atoms with Gasteiger partial charge in [0.05, 0.1) is 24.2 Å². The Labute approximate surface area is 121 Å². The molecule has 1 aromatic carbocycles. The van der Waals surface area contributed by atoms with Gasteiger partial charge in [-0.25, -0.2) is 0 Å². The lowest BCUT2D eigenvalue weighted by atomic mass is 10.1. The molecule has 0 unspecified atom stereocenters. The lowest BCUT2D eigenvalue weighted by Gasteiger charge is -2.12. The van der Waals surface area contributed by atoms with Crippen molar-refractivity contribution in [2.75, 3.05) is 0 Å². The van der Waals surface area contributed by atoms with Crippen LogP contribution < -0.4 is 10.6 Å². The van der Waals surface area contributed by atoms with E-state index in [1.165, 1.54) is 0 Å². The van der Waals surface area contributed by atoms with Gasteiger partial charge >= 0.3 is 0 Å². The van der Waals surface area contributed by atoms with Crippen LogP contribution in [-0.4, -0.2) is 12.1 Å². The number of nitriles is 2. The van der Waals surface area contributed by atoms with Gasteiger partial charge < -0.3 is 0 Å². The fraction of sp³-hybridized carbons (Fsp3) is 0.500. The van der Waals surface area contributed by atoms with Crippen LogP contribution in [0.25, 0.3) is 0 Å². The SMILES string of the molecule is CC[C@@H](C#N)NCc1cccc(CN[C@@H](C#N)CC)c1. The summed E-state index contributed by atoms with van der Waals surface area (Å²) in [7, 11) is 0. The molecule has 0 heterocycles. The van der Waals surface area contributed by atoms with Crippen LogP contribution in [0.5, 0.6) is 0 Å². The van der Waals surface area contributed by atoms with Crippen LogP contribution in [0.4, 0.5) is 0 Å². The summed E-state index contributed by atoms with van der Waals surface area (Å²) < 4.78 is 0. The summed E-state index contributed by atoms with van der Waals surface area (Å²) in [5.41, 5.74) is 2.31. The monoisotopic (exact) mass is 270 g/mol. The first-order valence-electron chi connectivity index (χ1n) is 7.07. The van der Waals surface area contributed by atoms with E-state index in [0.717, 1.165) is 24.0 Å². The van der Waals surface area contributed by atoms with Crippen LogP contribution >= 0.6 is 0 Å². The van der Waals surface area contributed by atoms with Crippen LogP contribution in [0.15, 0.2) is 24.3 Å². The third-order valence-electron chi connectivity index (χ3n) is 3.22. The van der Waals surface area contributed by atoms with Gasteiger partial charge in [0.2, 0.25) is 0 Å². The molecule has 0 radical (unpaired) electrons. The van der Waals surface area contributed by atoms with E-state index in [1.54, 1.807) is 0 Å². The Morgan fingerprint density at radius 2 is 1.40 bits per heavy atom. The molecule has 4 heteroatoms. The summed E-state index contributed by atoms with van der Waals surface area (Å²) in [6, 6.07) is 12.5. The fourth-order valence-corrected chi connectivity index (χ4v) is 1.89. The highest BCUT2D eigenvalue weighted by Gasteiger charge is 2.05. The summed E-state index contributed by atoms with van der Waals surface area (Å²) in [4.78, 5) is 0. The van der Waals surface area contributed by atoms with Crippen LogP contribution in [0.1, 0.15) is 37.8 Å². The van der Waals surface area contributed by atoms with Crippen molar-refractivity contribution in [3.8, 4) is 12.1 Å². The Hall–Kier alpha value is -1.88. The van der Waals surface area contributed by atoms with Crippen molar-refractivity contribution in [2.24, 2.45) is 0 Å². The zero-order chi connectivity index (χ0) is 14.8. The minimum Gasteiger partial charge on any atom is -0.298 e. The molecule has 0 aliphatic carbocycles. The Morgan fingerprint density at radius 1 is 0.950 bits per heavy atom. The quantitative estimate of drug-likeness (QED) is 0.761. The molecular formula is C16H22N4. The van der Waals surface area contributed by atoms with Gasteiger partial charge in [-0.05, 0) is 24.0 Å². The molecule has 0 aromatic heterocycles. The molecule has 0 bridgehead atoms. The van der Waals surface area contributed by atoms with Gasteiger partial charge in [-0.2, -0.15) is 10.5 Å². The second kappa shape index (κ2) is 9.09. The number of hydrogen-bond donors (Lipinski definition) is 2. The van der Waals surface area contributed by atoms with E-state index in [9.17, 15) is 0 Å². The highest BCUT2D eigenvalue weighted by molar-refractivity contribution is 5.23. The van der Waals surface area contributed by atoms with Gasteiger partial charge in [-0.15, -0.1) is 0 Å². The zero-order valence-electron chi connectivity index (χ0n) is 12.2. The number of hydrogen-bond acceptors (Lipinski definition) is 4. The van der Waals surface area contributed by atoms with Crippen LogP contribution in [0.2, 0.25) is 0 Å². The molecule has 0 saturated carbocycles. The number of nitrogens with one attached hydrogen (secondary N) is 2. The van der Waals surface area contributed by atoms with Crippen LogP contribution in [-0.2, 0) is 13.1 Å². The Bertz CT molecular complexity index is 443. The first kappa shape index (κ1) is 16.2. The second-order valence-corrected chi connectivity index (χ2v) is 4.76. The molecule has 106 valence electrons. The van der Waals surface area contributed by atoms with Gasteiger partial charge in [-0.3, -0.25) is 10.6 Å². The minimum atomic E-state index is -0.0974. The molecule has 0 aliphatic heterocycles. The molecule has 20 heavy (non-hydrogen) atoms. The van der Waals surface area contributed by atoms with Crippen molar-refractivity contribution in [3.05, 3.63) is 35.4 Å². The van der Waals surface area contributed by atoms with Crippen molar-refractivity contribution in [1.29, 1.82) is 10.5 Å². The zero-order valence-corrected chi connectivity index (χ0v) is 12.2. The van der Waals surface area contributed by atoms with Gasteiger partial charge in [0.25, 0.3) is 0 Å². The molecule has 0 aliphatic rings. The van der Waals surface area contributed by atoms with Crippen molar-refractivity contribution in [3.63, 3.8) is 0 Å². The summed E-state index contributed by atoms with van der Waals surface area (Å²) in [5, 5.41) is 24.2. The van der Waals surface area contributed by atoms with E-state index in [0.29, 0.717) is 13.1 Å². The standard InChI is InChI=1S/C16H22N4/c1-3-15(9-17)19-11-13-6-5-7-14(8-13)12-20-16(4-2)10-18/h5-8,15-16,19-20H,3-4,11-12H2,1-2H3/t15-,16+. The topological polar surface area (TPSA) is 71.6 Å². The number of benzene rings is 1. The van der Waals surface area contributed by atoms with E-state index >= 15 is 0 Å². The van der Waals surface area contributed by atoms with Crippen LogP contribution in [0, 0.1) is 22.7 Å². The molecule has 0 saturated heterocycles. The molecule has 1 rings (SSSR count). The smallest absolute Gasteiger partial charge is 0.0952 e. The van der Waals surface area contributed by atoms with E-state index in [4.69, 9.17) is 10.5 Å². The predicted molar refractivity (Wildman–Crippen MR) is 79.5 cm³/mol. The average molecular weight is 270 g/mol. The molecule has 4 nitrogen and oxygen atoms in total. The summed E-state index contributed by atoms with van der Waals surface area (Å²) in [6.45, 7) is 5.37. The van der Waals surface area contributed by atoms with E-state index in [1.807, 2.05) is 32.0 Å². The maximum atomic E-state index is 8.91. The molecule has 1 aromatic rings. The Morgan fingerprint density at radius 3 is 1.75 bits per heavy atom. The van der Waals surface area contributed by atoms with Crippen molar-refractivity contribution in [2.45, 2.75) is 51.9 Å². The van der Waals surface area contributed by atoms with E-state index in [-0.39, 0.29) is 12.1 Å².